The van der Waals surface area contributed by atoms with Crippen molar-refractivity contribution in [3.05, 3.63) is 35.9 Å². The molecule has 0 aromatic heterocycles. The SMILES string of the molecule is CC1CCC(NCc2ccccc2)CC1. The molecular weight excluding hydrogens is 182 g/mol. The zero-order valence-electron chi connectivity index (χ0n) is 9.58. The van der Waals surface area contributed by atoms with Crippen LogP contribution in [0, 0.1) is 5.92 Å². The molecular formula is C14H21N. The normalized spacial score (nSPS) is 26.5. The first kappa shape index (κ1) is 10.7. The molecule has 1 aliphatic rings. The monoisotopic (exact) mass is 203 g/mol. The lowest BCUT2D eigenvalue weighted by Crippen LogP contribution is -2.32. The molecule has 0 bridgehead atoms. The van der Waals surface area contributed by atoms with Gasteiger partial charge in [-0.3, -0.25) is 0 Å². The summed E-state index contributed by atoms with van der Waals surface area (Å²) in [7, 11) is 0. The highest BCUT2D eigenvalue weighted by atomic mass is 14.9. The standard InChI is InChI=1S/C14H21N/c1-12-7-9-14(10-8-12)15-11-13-5-3-2-4-6-13/h2-6,12,14-15H,7-11H2,1H3. The average Bonchev–Trinajstić information content (AvgIpc) is 2.30. The van der Waals surface area contributed by atoms with Gasteiger partial charge in [-0.1, -0.05) is 37.3 Å². The summed E-state index contributed by atoms with van der Waals surface area (Å²) in [6.45, 7) is 3.40. The lowest BCUT2D eigenvalue weighted by atomic mass is 9.87. The van der Waals surface area contributed by atoms with Crippen molar-refractivity contribution < 1.29 is 0 Å². The summed E-state index contributed by atoms with van der Waals surface area (Å²) in [5.74, 6) is 0.944. The highest BCUT2D eigenvalue weighted by molar-refractivity contribution is 5.14. The summed E-state index contributed by atoms with van der Waals surface area (Å²) in [5, 5.41) is 3.66. The van der Waals surface area contributed by atoms with Crippen molar-refractivity contribution in [1.82, 2.24) is 5.32 Å². The Morgan fingerprint density at radius 3 is 2.40 bits per heavy atom. The molecule has 0 aliphatic heterocycles. The molecule has 1 aromatic carbocycles. The van der Waals surface area contributed by atoms with Gasteiger partial charge in [0.15, 0.2) is 0 Å². The minimum atomic E-state index is 0.751. The second kappa shape index (κ2) is 5.32. The van der Waals surface area contributed by atoms with E-state index < -0.39 is 0 Å². The Morgan fingerprint density at radius 1 is 1.07 bits per heavy atom. The fourth-order valence-electron chi connectivity index (χ4n) is 2.32. The number of benzene rings is 1. The maximum atomic E-state index is 3.66. The molecule has 15 heavy (non-hydrogen) atoms. The van der Waals surface area contributed by atoms with Crippen LogP contribution in [-0.4, -0.2) is 6.04 Å². The Labute approximate surface area is 92.9 Å². The van der Waals surface area contributed by atoms with Gasteiger partial charge in [-0.05, 0) is 37.2 Å². The van der Waals surface area contributed by atoms with Gasteiger partial charge in [0.05, 0.1) is 0 Å². The number of nitrogens with one attached hydrogen (secondary N) is 1. The van der Waals surface area contributed by atoms with Crippen molar-refractivity contribution in [3.8, 4) is 0 Å². The van der Waals surface area contributed by atoms with Crippen LogP contribution in [0.3, 0.4) is 0 Å². The lowest BCUT2D eigenvalue weighted by molar-refractivity contribution is 0.306. The first-order chi connectivity index (χ1) is 7.34. The smallest absolute Gasteiger partial charge is 0.0208 e. The van der Waals surface area contributed by atoms with E-state index in [0.29, 0.717) is 0 Å². The zero-order chi connectivity index (χ0) is 10.5. The predicted molar refractivity (Wildman–Crippen MR) is 64.7 cm³/mol. The van der Waals surface area contributed by atoms with Crippen LogP contribution in [0.2, 0.25) is 0 Å². The Kier molecular flexibility index (Phi) is 3.79. The first-order valence-electron chi connectivity index (χ1n) is 6.12. The van der Waals surface area contributed by atoms with Gasteiger partial charge in [0.2, 0.25) is 0 Å². The van der Waals surface area contributed by atoms with Gasteiger partial charge in [0, 0.05) is 12.6 Å². The zero-order valence-corrected chi connectivity index (χ0v) is 9.58. The van der Waals surface area contributed by atoms with Gasteiger partial charge < -0.3 is 5.32 Å². The maximum absolute atomic E-state index is 3.66. The summed E-state index contributed by atoms with van der Waals surface area (Å²) in [5.41, 5.74) is 1.40. The van der Waals surface area contributed by atoms with Crippen LogP contribution >= 0.6 is 0 Å². The summed E-state index contributed by atoms with van der Waals surface area (Å²) in [6.07, 6.45) is 5.50. The molecule has 82 valence electrons. The van der Waals surface area contributed by atoms with Crippen LogP contribution in [0.4, 0.5) is 0 Å². The molecule has 0 amide bonds. The molecule has 1 N–H and O–H groups in total. The van der Waals surface area contributed by atoms with Crippen molar-refractivity contribution in [1.29, 1.82) is 0 Å². The highest BCUT2D eigenvalue weighted by Gasteiger charge is 2.17. The Morgan fingerprint density at radius 2 is 1.73 bits per heavy atom. The van der Waals surface area contributed by atoms with E-state index in [4.69, 9.17) is 0 Å². The van der Waals surface area contributed by atoms with Crippen molar-refractivity contribution in [2.24, 2.45) is 5.92 Å². The number of hydrogen-bond acceptors (Lipinski definition) is 1. The third-order valence-corrected chi connectivity index (χ3v) is 3.45. The largest absolute Gasteiger partial charge is 0.310 e. The molecule has 0 atom stereocenters. The molecule has 0 heterocycles. The van der Waals surface area contributed by atoms with Crippen LogP contribution in [0.5, 0.6) is 0 Å². The van der Waals surface area contributed by atoms with Crippen LogP contribution in [-0.2, 0) is 6.54 Å². The maximum Gasteiger partial charge on any atom is 0.0208 e. The molecule has 0 radical (unpaired) electrons. The van der Waals surface area contributed by atoms with E-state index in [2.05, 4.69) is 42.6 Å². The van der Waals surface area contributed by atoms with Crippen molar-refractivity contribution in [2.75, 3.05) is 0 Å². The minimum Gasteiger partial charge on any atom is -0.310 e. The Balaban J connectivity index is 1.74. The van der Waals surface area contributed by atoms with Gasteiger partial charge in [0.25, 0.3) is 0 Å². The van der Waals surface area contributed by atoms with Gasteiger partial charge in [-0.25, -0.2) is 0 Å². The molecule has 2 rings (SSSR count). The van der Waals surface area contributed by atoms with Gasteiger partial charge >= 0.3 is 0 Å². The van der Waals surface area contributed by atoms with Gasteiger partial charge in [-0.15, -0.1) is 0 Å². The molecule has 0 unspecified atom stereocenters. The molecule has 1 heteroatoms. The number of rotatable bonds is 3. The van der Waals surface area contributed by atoms with E-state index in [-0.39, 0.29) is 0 Å². The first-order valence-corrected chi connectivity index (χ1v) is 6.12. The Hall–Kier alpha value is -0.820. The second-order valence-corrected chi connectivity index (χ2v) is 4.82. The molecule has 1 nitrogen and oxygen atoms in total. The topological polar surface area (TPSA) is 12.0 Å². The summed E-state index contributed by atoms with van der Waals surface area (Å²) in [4.78, 5) is 0. The summed E-state index contributed by atoms with van der Waals surface area (Å²) in [6, 6.07) is 11.4. The van der Waals surface area contributed by atoms with E-state index in [0.717, 1.165) is 18.5 Å². The van der Waals surface area contributed by atoms with Gasteiger partial charge in [0.1, 0.15) is 0 Å². The second-order valence-electron chi connectivity index (χ2n) is 4.82. The van der Waals surface area contributed by atoms with Crippen LogP contribution in [0.25, 0.3) is 0 Å². The molecule has 1 aromatic rings. The van der Waals surface area contributed by atoms with E-state index in [1.807, 2.05) is 0 Å². The Bertz CT molecular complexity index is 273. The average molecular weight is 203 g/mol. The van der Waals surface area contributed by atoms with E-state index in [9.17, 15) is 0 Å². The van der Waals surface area contributed by atoms with Crippen LogP contribution < -0.4 is 5.32 Å². The predicted octanol–water partition coefficient (Wildman–Crippen LogP) is 3.35. The van der Waals surface area contributed by atoms with Crippen LogP contribution in [0.1, 0.15) is 38.2 Å². The van der Waals surface area contributed by atoms with E-state index >= 15 is 0 Å². The fourth-order valence-corrected chi connectivity index (χ4v) is 2.32. The van der Waals surface area contributed by atoms with Crippen molar-refractivity contribution in [3.63, 3.8) is 0 Å². The van der Waals surface area contributed by atoms with Gasteiger partial charge in [-0.2, -0.15) is 0 Å². The quantitative estimate of drug-likeness (QED) is 0.794. The lowest BCUT2D eigenvalue weighted by Gasteiger charge is -2.27. The van der Waals surface area contributed by atoms with E-state index in [1.165, 1.54) is 31.2 Å². The number of hydrogen-bond donors (Lipinski definition) is 1. The molecule has 1 aliphatic carbocycles. The molecule has 0 spiro atoms. The molecule has 1 fully saturated rings. The molecule has 0 saturated heterocycles. The third kappa shape index (κ3) is 3.35. The van der Waals surface area contributed by atoms with E-state index in [1.54, 1.807) is 0 Å². The van der Waals surface area contributed by atoms with Crippen molar-refractivity contribution >= 4 is 0 Å². The summed E-state index contributed by atoms with van der Waals surface area (Å²) >= 11 is 0. The summed E-state index contributed by atoms with van der Waals surface area (Å²) < 4.78 is 0. The van der Waals surface area contributed by atoms with Crippen molar-refractivity contribution in [2.45, 2.75) is 45.2 Å². The molecule has 1 saturated carbocycles. The van der Waals surface area contributed by atoms with Crippen LogP contribution in [0.15, 0.2) is 30.3 Å². The minimum absolute atomic E-state index is 0.751. The highest BCUT2D eigenvalue weighted by Crippen LogP contribution is 2.23. The fraction of sp³-hybridized carbons (Fsp3) is 0.571. The third-order valence-electron chi connectivity index (χ3n) is 3.45.